The van der Waals surface area contributed by atoms with Crippen molar-refractivity contribution in [1.82, 2.24) is 0 Å². The Labute approximate surface area is 89.5 Å². The minimum atomic E-state index is -4.65. The summed E-state index contributed by atoms with van der Waals surface area (Å²) < 4.78 is 48.5. The molecular formula is C8H8O5S2. The van der Waals surface area contributed by atoms with Gasteiger partial charge in [-0.2, -0.15) is 8.42 Å². The fraction of sp³-hybridized carbons (Fsp3) is 0. The standard InChI is InChI=1S/C8H8O5S2/c9-14(10)8(15(11,12)13)6-7-4-2-1-3-5-7/h1-6H,(H,9,10)(H,11,12,13). The van der Waals surface area contributed by atoms with Gasteiger partial charge < -0.3 is 4.55 Å². The first kappa shape index (κ1) is 12.1. The molecule has 2 N–H and O–H groups in total. The first-order valence-corrected chi connectivity index (χ1v) is 6.31. The van der Waals surface area contributed by atoms with Crippen LogP contribution in [0.25, 0.3) is 6.08 Å². The molecule has 15 heavy (non-hydrogen) atoms. The molecule has 0 heterocycles. The summed E-state index contributed by atoms with van der Waals surface area (Å²) in [7, 11) is -4.65. The van der Waals surface area contributed by atoms with Gasteiger partial charge in [-0.15, -0.1) is 0 Å². The third kappa shape index (κ3) is 3.56. The Bertz CT molecular complexity index is 489. The van der Waals surface area contributed by atoms with Gasteiger partial charge in [0, 0.05) is 0 Å². The maximum Gasteiger partial charge on any atom is 0.305 e. The molecule has 0 aliphatic carbocycles. The predicted octanol–water partition coefficient (Wildman–Crippen LogP) is 1.09. The van der Waals surface area contributed by atoms with Gasteiger partial charge in [0.2, 0.25) is 11.1 Å². The number of rotatable bonds is 3. The van der Waals surface area contributed by atoms with Crippen molar-refractivity contribution >= 4 is 27.3 Å². The molecular weight excluding hydrogens is 240 g/mol. The summed E-state index contributed by atoms with van der Waals surface area (Å²) in [5, 5.41) is 0. The summed E-state index contributed by atoms with van der Waals surface area (Å²) in [6.07, 6.45) is 0.936. The van der Waals surface area contributed by atoms with Gasteiger partial charge in [0.05, 0.1) is 0 Å². The zero-order valence-electron chi connectivity index (χ0n) is 7.40. The maximum atomic E-state index is 10.7. The summed E-state index contributed by atoms with van der Waals surface area (Å²) >= 11 is -2.75. The van der Waals surface area contributed by atoms with Crippen molar-refractivity contribution in [3.63, 3.8) is 0 Å². The van der Waals surface area contributed by atoms with Gasteiger partial charge >= 0.3 is 10.1 Å². The highest BCUT2D eigenvalue weighted by Gasteiger charge is 2.19. The Morgan fingerprint density at radius 3 is 2.20 bits per heavy atom. The van der Waals surface area contributed by atoms with E-state index in [0.717, 1.165) is 6.08 Å². The largest absolute Gasteiger partial charge is 0.305 e. The molecule has 0 bridgehead atoms. The Morgan fingerprint density at radius 2 is 1.80 bits per heavy atom. The van der Waals surface area contributed by atoms with E-state index in [4.69, 9.17) is 9.11 Å². The van der Waals surface area contributed by atoms with Crippen LogP contribution in [0.15, 0.2) is 34.6 Å². The van der Waals surface area contributed by atoms with E-state index in [1.807, 2.05) is 0 Å². The van der Waals surface area contributed by atoms with E-state index in [1.165, 1.54) is 12.1 Å². The molecule has 82 valence electrons. The third-order valence-corrected chi connectivity index (χ3v) is 3.66. The van der Waals surface area contributed by atoms with Crippen molar-refractivity contribution in [1.29, 1.82) is 0 Å². The lowest BCUT2D eigenvalue weighted by atomic mass is 10.2. The van der Waals surface area contributed by atoms with Crippen molar-refractivity contribution in [2.75, 3.05) is 0 Å². The van der Waals surface area contributed by atoms with Crippen LogP contribution in [0, 0.1) is 0 Å². The van der Waals surface area contributed by atoms with E-state index < -0.39 is 25.4 Å². The van der Waals surface area contributed by atoms with Gasteiger partial charge in [0.1, 0.15) is 0 Å². The molecule has 0 radical (unpaired) electrons. The van der Waals surface area contributed by atoms with Gasteiger partial charge in [0.15, 0.2) is 4.24 Å². The second-order valence-corrected chi connectivity index (χ2v) is 5.18. The number of benzene rings is 1. The van der Waals surface area contributed by atoms with Crippen LogP contribution in [0.3, 0.4) is 0 Å². The highest BCUT2D eigenvalue weighted by Crippen LogP contribution is 2.13. The quantitative estimate of drug-likeness (QED) is 0.617. The summed E-state index contributed by atoms with van der Waals surface area (Å²) in [6.45, 7) is 0. The first-order valence-electron chi connectivity index (χ1n) is 3.76. The van der Waals surface area contributed by atoms with Crippen LogP contribution in [0.2, 0.25) is 0 Å². The van der Waals surface area contributed by atoms with Crippen LogP contribution in [0.4, 0.5) is 0 Å². The highest BCUT2D eigenvalue weighted by molar-refractivity contribution is 8.06. The monoisotopic (exact) mass is 248 g/mol. The van der Waals surface area contributed by atoms with Gasteiger partial charge in [-0.25, -0.2) is 4.21 Å². The number of hydrogen-bond acceptors (Lipinski definition) is 3. The Balaban J connectivity index is 3.24. The van der Waals surface area contributed by atoms with Crippen LogP contribution < -0.4 is 0 Å². The summed E-state index contributed by atoms with van der Waals surface area (Å²) in [6, 6.07) is 8.05. The van der Waals surface area contributed by atoms with Crippen molar-refractivity contribution in [2.45, 2.75) is 0 Å². The lowest BCUT2D eigenvalue weighted by molar-refractivity contribution is 0.492. The molecule has 0 saturated heterocycles. The van der Waals surface area contributed by atoms with Crippen LogP contribution in [-0.4, -0.2) is 21.7 Å². The fourth-order valence-electron chi connectivity index (χ4n) is 0.900. The molecule has 0 aliphatic rings. The van der Waals surface area contributed by atoms with Gasteiger partial charge in [-0.3, -0.25) is 4.55 Å². The summed E-state index contributed by atoms with van der Waals surface area (Å²) in [5.74, 6) is 0. The topological polar surface area (TPSA) is 91.7 Å². The SMILES string of the molecule is O=S(O)C(=Cc1ccccc1)S(=O)(=O)O. The molecule has 1 aromatic carbocycles. The second-order valence-electron chi connectivity index (χ2n) is 2.60. The predicted molar refractivity (Wildman–Crippen MR) is 56.7 cm³/mol. The van der Waals surface area contributed by atoms with E-state index in [2.05, 4.69) is 0 Å². The van der Waals surface area contributed by atoms with E-state index in [0.29, 0.717) is 5.56 Å². The second kappa shape index (κ2) is 4.67. The summed E-state index contributed by atoms with van der Waals surface area (Å²) in [4.78, 5) is 0. The molecule has 0 aromatic heterocycles. The van der Waals surface area contributed by atoms with E-state index in [-0.39, 0.29) is 0 Å². The molecule has 5 nitrogen and oxygen atoms in total. The molecule has 0 fully saturated rings. The van der Waals surface area contributed by atoms with E-state index in [1.54, 1.807) is 18.2 Å². The molecule has 7 heteroatoms. The summed E-state index contributed by atoms with van der Waals surface area (Å²) in [5.41, 5.74) is 0.410. The normalized spacial score (nSPS) is 14.9. The smallest absolute Gasteiger partial charge is 0.302 e. The van der Waals surface area contributed by atoms with Gasteiger partial charge in [0.25, 0.3) is 0 Å². The van der Waals surface area contributed by atoms with Crippen molar-refractivity contribution < 1.29 is 21.7 Å². The van der Waals surface area contributed by atoms with Crippen molar-refractivity contribution in [3.8, 4) is 0 Å². The fourth-order valence-corrected chi connectivity index (χ4v) is 2.14. The number of hydrogen-bond donors (Lipinski definition) is 2. The van der Waals surface area contributed by atoms with Crippen LogP contribution in [0.5, 0.6) is 0 Å². The Morgan fingerprint density at radius 1 is 1.27 bits per heavy atom. The van der Waals surface area contributed by atoms with E-state index >= 15 is 0 Å². The Kier molecular flexibility index (Phi) is 3.75. The zero-order valence-corrected chi connectivity index (χ0v) is 9.03. The Hall–Kier alpha value is -1.02. The van der Waals surface area contributed by atoms with Crippen molar-refractivity contribution in [3.05, 3.63) is 40.1 Å². The average molecular weight is 248 g/mol. The van der Waals surface area contributed by atoms with E-state index in [9.17, 15) is 12.6 Å². The van der Waals surface area contributed by atoms with Crippen LogP contribution >= 0.6 is 0 Å². The van der Waals surface area contributed by atoms with Gasteiger partial charge in [-0.1, -0.05) is 30.3 Å². The molecule has 0 aliphatic heterocycles. The molecule has 1 rings (SSSR count). The molecule has 0 saturated carbocycles. The lowest BCUT2D eigenvalue weighted by Crippen LogP contribution is -2.06. The van der Waals surface area contributed by atoms with Crippen LogP contribution in [0.1, 0.15) is 5.56 Å². The molecule has 0 amide bonds. The zero-order chi connectivity index (χ0) is 11.5. The van der Waals surface area contributed by atoms with Crippen molar-refractivity contribution in [2.24, 2.45) is 0 Å². The average Bonchev–Trinajstić information content (AvgIpc) is 2.13. The third-order valence-electron chi connectivity index (χ3n) is 1.51. The maximum absolute atomic E-state index is 10.7. The highest BCUT2D eigenvalue weighted by atomic mass is 32.3. The first-order chi connectivity index (χ1) is 6.91. The van der Waals surface area contributed by atoms with Gasteiger partial charge in [-0.05, 0) is 11.6 Å². The molecule has 1 unspecified atom stereocenters. The lowest BCUT2D eigenvalue weighted by Gasteiger charge is -1.98. The van der Waals surface area contributed by atoms with Crippen LogP contribution in [-0.2, 0) is 21.2 Å². The molecule has 1 aromatic rings. The minimum absolute atomic E-state index is 0.410. The molecule has 1 atom stereocenters. The molecule has 0 spiro atoms. The minimum Gasteiger partial charge on any atom is -0.302 e.